The molecule has 0 amide bonds. The van der Waals surface area contributed by atoms with Gasteiger partial charge >= 0.3 is 0 Å². The Morgan fingerprint density at radius 1 is 1.31 bits per heavy atom. The van der Waals surface area contributed by atoms with Crippen LogP contribution in [-0.4, -0.2) is 13.2 Å². The molecule has 0 radical (unpaired) electrons. The van der Waals surface area contributed by atoms with Gasteiger partial charge in [-0.25, -0.2) is 0 Å². The van der Waals surface area contributed by atoms with Gasteiger partial charge in [-0.15, -0.1) is 0 Å². The highest BCUT2D eigenvalue weighted by Gasteiger charge is 1.95. The summed E-state index contributed by atoms with van der Waals surface area (Å²) in [4.78, 5) is 0. The summed E-state index contributed by atoms with van der Waals surface area (Å²) in [6, 6.07) is 3.97. The predicted molar refractivity (Wildman–Crippen MR) is 52.8 cm³/mol. The van der Waals surface area contributed by atoms with Gasteiger partial charge in [0.15, 0.2) is 0 Å². The smallest absolute Gasteiger partial charge is 0.103 e. The van der Waals surface area contributed by atoms with Crippen molar-refractivity contribution in [1.82, 2.24) is 0 Å². The standard InChI is InChI=1S/C11H18O2/c1-2-12-9-5-3-4-7-11-8-6-10-13-11/h6,8,10H,2-5,7,9H2,1H3. The van der Waals surface area contributed by atoms with Crippen molar-refractivity contribution >= 4 is 0 Å². The largest absolute Gasteiger partial charge is 0.469 e. The Bertz CT molecular complexity index is 192. The summed E-state index contributed by atoms with van der Waals surface area (Å²) in [5.41, 5.74) is 0. The van der Waals surface area contributed by atoms with Gasteiger partial charge in [0.1, 0.15) is 5.76 Å². The zero-order valence-corrected chi connectivity index (χ0v) is 8.29. The summed E-state index contributed by atoms with van der Waals surface area (Å²) in [7, 11) is 0. The fourth-order valence-corrected chi connectivity index (χ4v) is 1.28. The van der Waals surface area contributed by atoms with Crippen LogP contribution in [0.1, 0.15) is 31.9 Å². The first-order chi connectivity index (χ1) is 6.43. The molecule has 1 aromatic heterocycles. The lowest BCUT2D eigenvalue weighted by molar-refractivity contribution is 0.143. The zero-order valence-electron chi connectivity index (χ0n) is 8.29. The fourth-order valence-electron chi connectivity index (χ4n) is 1.28. The van der Waals surface area contributed by atoms with Gasteiger partial charge in [0, 0.05) is 19.6 Å². The van der Waals surface area contributed by atoms with Gasteiger partial charge in [-0.2, -0.15) is 0 Å². The van der Waals surface area contributed by atoms with E-state index in [9.17, 15) is 0 Å². The minimum absolute atomic E-state index is 0.832. The molecule has 1 aromatic rings. The number of hydrogen-bond donors (Lipinski definition) is 0. The van der Waals surface area contributed by atoms with Crippen molar-refractivity contribution in [3.63, 3.8) is 0 Å². The Kier molecular flexibility index (Phi) is 5.34. The molecule has 0 aliphatic carbocycles. The van der Waals surface area contributed by atoms with E-state index in [-0.39, 0.29) is 0 Å². The Balaban J connectivity index is 1.90. The van der Waals surface area contributed by atoms with Crippen molar-refractivity contribution < 1.29 is 9.15 Å². The highest BCUT2D eigenvalue weighted by Crippen LogP contribution is 2.06. The van der Waals surface area contributed by atoms with Crippen LogP contribution >= 0.6 is 0 Å². The van der Waals surface area contributed by atoms with Crippen molar-refractivity contribution in [1.29, 1.82) is 0 Å². The molecule has 1 heterocycles. The first kappa shape index (κ1) is 10.3. The second kappa shape index (κ2) is 6.72. The summed E-state index contributed by atoms with van der Waals surface area (Å²) in [6.07, 6.45) is 6.37. The van der Waals surface area contributed by atoms with Crippen LogP contribution in [0.3, 0.4) is 0 Å². The van der Waals surface area contributed by atoms with Gasteiger partial charge in [-0.3, -0.25) is 0 Å². The second-order valence-electron chi connectivity index (χ2n) is 3.09. The molecule has 0 spiro atoms. The first-order valence-corrected chi connectivity index (χ1v) is 5.03. The number of ether oxygens (including phenoxy) is 1. The van der Waals surface area contributed by atoms with Crippen molar-refractivity contribution in [3.05, 3.63) is 24.2 Å². The third-order valence-corrected chi connectivity index (χ3v) is 2.00. The normalized spacial score (nSPS) is 10.5. The van der Waals surface area contributed by atoms with Gasteiger partial charge in [0.25, 0.3) is 0 Å². The second-order valence-corrected chi connectivity index (χ2v) is 3.09. The number of unbranched alkanes of at least 4 members (excludes halogenated alkanes) is 2. The van der Waals surface area contributed by atoms with Crippen LogP contribution in [0.2, 0.25) is 0 Å². The number of rotatable bonds is 7. The van der Waals surface area contributed by atoms with Crippen LogP contribution in [0.25, 0.3) is 0 Å². The third kappa shape index (κ3) is 4.73. The van der Waals surface area contributed by atoms with Crippen molar-refractivity contribution in [3.8, 4) is 0 Å². The molecule has 2 heteroatoms. The highest BCUT2D eigenvalue weighted by molar-refractivity contribution is 4.97. The maximum atomic E-state index is 5.25. The molecule has 0 N–H and O–H groups in total. The molecule has 0 bridgehead atoms. The van der Waals surface area contributed by atoms with Gasteiger partial charge < -0.3 is 9.15 Å². The molecule has 0 saturated heterocycles. The fraction of sp³-hybridized carbons (Fsp3) is 0.636. The van der Waals surface area contributed by atoms with E-state index in [1.54, 1.807) is 6.26 Å². The minimum atomic E-state index is 0.832. The molecule has 0 unspecified atom stereocenters. The summed E-state index contributed by atoms with van der Waals surface area (Å²) in [5.74, 6) is 1.09. The number of hydrogen-bond acceptors (Lipinski definition) is 2. The average molecular weight is 182 g/mol. The van der Waals surface area contributed by atoms with Crippen LogP contribution in [0.4, 0.5) is 0 Å². The molecule has 1 rings (SSSR count). The van der Waals surface area contributed by atoms with Gasteiger partial charge in [-0.05, 0) is 31.9 Å². The van der Waals surface area contributed by atoms with E-state index < -0.39 is 0 Å². The molecule has 0 atom stereocenters. The zero-order chi connectivity index (χ0) is 9.36. The molecule has 2 nitrogen and oxygen atoms in total. The lowest BCUT2D eigenvalue weighted by Gasteiger charge is -2.00. The number of furan rings is 1. The van der Waals surface area contributed by atoms with E-state index in [2.05, 4.69) is 0 Å². The van der Waals surface area contributed by atoms with E-state index in [1.165, 1.54) is 12.8 Å². The Morgan fingerprint density at radius 2 is 2.23 bits per heavy atom. The Morgan fingerprint density at radius 3 is 2.92 bits per heavy atom. The van der Waals surface area contributed by atoms with E-state index >= 15 is 0 Å². The molecule has 0 aliphatic heterocycles. The van der Waals surface area contributed by atoms with Crippen LogP contribution in [0.5, 0.6) is 0 Å². The van der Waals surface area contributed by atoms with Gasteiger partial charge in [0.05, 0.1) is 6.26 Å². The van der Waals surface area contributed by atoms with Crippen LogP contribution in [0.15, 0.2) is 22.8 Å². The average Bonchev–Trinajstić information content (AvgIpc) is 2.63. The molecule has 0 aromatic carbocycles. The minimum Gasteiger partial charge on any atom is -0.469 e. The van der Waals surface area contributed by atoms with Crippen LogP contribution < -0.4 is 0 Å². The number of aryl methyl sites for hydroxylation is 1. The predicted octanol–water partition coefficient (Wildman–Crippen LogP) is 3.03. The molecule has 0 aliphatic rings. The Hall–Kier alpha value is -0.760. The van der Waals surface area contributed by atoms with Gasteiger partial charge in [-0.1, -0.05) is 6.42 Å². The maximum absolute atomic E-state index is 5.25. The quantitative estimate of drug-likeness (QED) is 0.605. The molecule has 0 fully saturated rings. The van der Waals surface area contributed by atoms with Crippen molar-refractivity contribution in [2.75, 3.05) is 13.2 Å². The highest BCUT2D eigenvalue weighted by atomic mass is 16.5. The molecular formula is C11H18O2. The topological polar surface area (TPSA) is 22.4 Å². The van der Waals surface area contributed by atoms with Gasteiger partial charge in [0.2, 0.25) is 0 Å². The lowest BCUT2D eigenvalue weighted by Crippen LogP contribution is -1.93. The monoisotopic (exact) mass is 182 g/mol. The van der Waals surface area contributed by atoms with E-state index in [0.717, 1.165) is 31.8 Å². The van der Waals surface area contributed by atoms with Crippen LogP contribution in [-0.2, 0) is 11.2 Å². The lowest BCUT2D eigenvalue weighted by atomic mass is 10.2. The summed E-state index contributed by atoms with van der Waals surface area (Å²) in [6.45, 7) is 3.76. The van der Waals surface area contributed by atoms with Crippen molar-refractivity contribution in [2.45, 2.75) is 32.6 Å². The molecule has 13 heavy (non-hydrogen) atoms. The molecular weight excluding hydrogens is 164 g/mol. The first-order valence-electron chi connectivity index (χ1n) is 5.03. The summed E-state index contributed by atoms with van der Waals surface area (Å²) < 4.78 is 10.5. The van der Waals surface area contributed by atoms with Crippen LogP contribution in [0, 0.1) is 0 Å². The van der Waals surface area contributed by atoms with E-state index in [4.69, 9.17) is 9.15 Å². The maximum Gasteiger partial charge on any atom is 0.103 e. The molecule has 74 valence electrons. The summed E-state index contributed by atoms with van der Waals surface area (Å²) in [5, 5.41) is 0. The third-order valence-electron chi connectivity index (χ3n) is 2.00. The molecule has 0 saturated carbocycles. The Labute approximate surface area is 79.9 Å². The summed E-state index contributed by atoms with van der Waals surface area (Å²) >= 11 is 0. The van der Waals surface area contributed by atoms with Crippen molar-refractivity contribution in [2.24, 2.45) is 0 Å². The van der Waals surface area contributed by atoms with E-state index in [1.807, 2.05) is 19.1 Å². The SMILES string of the molecule is CCOCCCCCc1ccco1. The van der Waals surface area contributed by atoms with E-state index in [0.29, 0.717) is 0 Å².